The molecule has 146 valence electrons. The normalized spacial score (nSPS) is 11.4. The number of aryl methyl sites for hydroxylation is 2. The molecular formula is C26H26NOP. The van der Waals surface area contributed by atoms with Gasteiger partial charge in [0.2, 0.25) is 5.89 Å². The van der Waals surface area contributed by atoms with E-state index in [1.165, 1.54) is 27.0 Å². The molecule has 0 aliphatic rings. The highest BCUT2D eigenvalue weighted by atomic mass is 31.1. The zero-order valence-electron chi connectivity index (χ0n) is 17.4. The van der Waals surface area contributed by atoms with Crippen molar-refractivity contribution >= 4 is 23.8 Å². The molecule has 0 atom stereocenters. The maximum atomic E-state index is 5.93. The minimum Gasteiger partial charge on any atom is -0.444 e. The van der Waals surface area contributed by atoms with Crippen molar-refractivity contribution < 1.29 is 4.42 Å². The van der Waals surface area contributed by atoms with Crippen LogP contribution in [0.1, 0.15) is 36.6 Å². The Labute approximate surface area is 174 Å². The summed E-state index contributed by atoms with van der Waals surface area (Å²) in [6.45, 7) is 8.68. The highest BCUT2D eigenvalue weighted by molar-refractivity contribution is 7.80. The largest absolute Gasteiger partial charge is 0.444 e. The summed E-state index contributed by atoms with van der Waals surface area (Å²) in [6.07, 6.45) is 1.79. The van der Waals surface area contributed by atoms with Gasteiger partial charge < -0.3 is 4.42 Å². The van der Waals surface area contributed by atoms with E-state index in [9.17, 15) is 0 Å². The second-order valence-corrected chi connectivity index (χ2v) is 9.77. The second-order valence-electron chi connectivity index (χ2n) is 7.66. The molecule has 0 saturated heterocycles. The summed E-state index contributed by atoms with van der Waals surface area (Å²) in [5.41, 5.74) is 4.70. The second kappa shape index (κ2) is 8.35. The van der Waals surface area contributed by atoms with Crippen LogP contribution in [0.3, 0.4) is 0 Å². The zero-order valence-corrected chi connectivity index (χ0v) is 18.3. The number of oxazole rings is 1. The van der Waals surface area contributed by atoms with Crippen molar-refractivity contribution in [2.75, 3.05) is 0 Å². The van der Waals surface area contributed by atoms with Crippen LogP contribution < -0.4 is 15.9 Å². The molecule has 0 fully saturated rings. The van der Waals surface area contributed by atoms with Gasteiger partial charge in [-0.05, 0) is 60.8 Å². The van der Waals surface area contributed by atoms with Gasteiger partial charge in [0.15, 0.2) is 0 Å². The van der Waals surface area contributed by atoms with Crippen molar-refractivity contribution in [2.24, 2.45) is 0 Å². The summed E-state index contributed by atoms with van der Waals surface area (Å²) in [5, 5.41) is 4.03. The molecule has 1 heterocycles. The Kier molecular flexibility index (Phi) is 5.65. The molecule has 1 aromatic heterocycles. The van der Waals surface area contributed by atoms with E-state index in [2.05, 4.69) is 100 Å². The topological polar surface area (TPSA) is 26.0 Å². The van der Waals surface area contributed by atoms with Gasteiger partial charge >= 0.3 is 0 Å². The van der Waals surface area contributed by atoms with E-state index < -0.39 is 7.92 Å². The minimum atomic E-state index is -0.738. The number of benzene rings is 3. The molecule has 0 saturated carbocycles. The fourth-order valence-electron chi connectivity index (χ4n) is 3.54. The monoisotopic (exact) mass is 399 g/mol. The van der Waals surface area contributed by atoms with Crippen LogP contribution in [0.15, 0.2) is 83.5 Å². The third kappa shape index (κ3) is 3.91. The average Bonchev–Trinajstić information content (AvgIpc) is 3.22. The third-order valence-corrected chi connectivity index (χ3v) is 8.04. The molecule has 0 aliphatic heterocycles. The van der Waals surface area contributed by atoms with E-state index in [4.69, 9.17) is 9.40 Å². The molecule has 2 nitrogen and oxygen atoms in total. The SMILES string of the molecule is Cc1ccccc1P(c1ccccc1C)c1ccccc1-c1nc(C(C)C)co1. The molecule has 4 aromatic rings. The summed E-state index contributed by atoms with van der Waals surface area (Å²) in [4.78, 5) is 4.80. The van der Waals surface area contributed by atoms with Gasteiger partial charge in [-0.1, -0.05) is 80.6 Å². The van der Waals surface area contributed by atoms with Crippen molar-refractivity contribution in [3.63, 3.8) is 0 Å². The maximum Gasteiger partial charge on any atom is 0.226 e. The molecule has 0 N–H and O–H groups in total. The van der Waals surface area contributed by atoms with E-state index in [1.807, 2.05) is 0 Å². The van der Waals surface area contributed by atoms with Gasteiger partial charge in [-0.25, -0.2) is 4.98 Å². The quantitative estimate of drug-likeness (QED) is 0.394. The lowest BCUT2D eigenvalue weighted by Gasteiger charge is -2.24. The van der Waals surface area contributed by atoms with Crippen LogP contribution in [0.4, 0.5) is 0 Å². The van der Waals surface area contributed by atoms with Crippen LogP contribution in [0, 0.1) is 13.8 Å². The highest BCUT2D eigenvalue weighted by Crippen LogP contribution is 2.39. The fraction of sp³-hybridized carbons (Fsp3) is 0.192. The lowest BCUT2D eigenvalue weighted by atomic mass is 10.1. The summed E-state index contributed by atoms with van der Waals surface area (Å²) < 4.78 is 5.93. The Hall–Kier alpha value is -2.70. The summed E-state index contributed by atoms with van der Waals surface area (Å²) in [7, 11) is -0.738. The number of aromatic nitrogens is 1. The lowest BCUT2D eigenvalue weighted by molar-refractivity contribution is 0.571. The third-order valence-electron chi connectivity index (χ3n) is 5.20. The van der Waals surface area contributed by atoms with Crippen LogP contribution in [0.2, 0.25) is 0 Å². The van der Waals surface area contributed by atoms with Crippen LogP contribution in [-0.2, 0) is 0 Å². The molecule has 0 amide bonds. The number of rotatable bonds is 5. The summed E-state index contributed by atoms with van der Waals surface area (Å²) in [6, 6.07) is 26.0. The first kappa shape index (κ1) is 19.6. The highest BCUT2D eigenvalue weighted by Gasteiger charge is 2.24. The standard InChI is InChI=1S/C26H26NOP/c1-18(2)22-17-28-26(27-22)21-13-7-10-16-25(21)29(23-14-8-5-11-19(23)3)24-15-9-6-12-20(24)4/h5-18H,1-4H3. The molecule has 0 spiro atoms. The van der Waals surface area contributed by atoms with Gasteiger partial charge in [-0.2, -0.15) is 0 Å². The van der Waals surface area contributed by atoms with Gasteiger partial charge in [0.25, 0.3) is 0 Å². The van der Waals surface area contributed by atoms with E-state index in [-0.39, 0.29) is 0 Å². The molecule has 3 aromatic carbocycles. The molecule has 0 radical (unpaired) electrons. The molecule has 29 heavy (non-hydrogen) atoms. The molecule has 0 bridgehead atoms. The lowest BCUT2D eigenvalue weighted by Crippen LogP contribution is -2.25. The first-order chi connectivity index (χ1) is 14.1. The van der Waals surface area contributed by atoms with Crippen LogP contribution in [0.5, 0.6) is 0 Å². The first-order valence-corrected chi connectivity index (χ1v) is 11.4. The molecule has 3 heteroatoms. The Balaban J connectivity index is 1.95. The van der Waals surface area contributed by atoms with Gasteiger partial charge in [-0.15, -0.1) is 0 Å². The molecule has 0 aliphatic carbocycles. The van der Waals surface area contributed by atoms with E-state index in [1.54, 1.807) is 6.26 Å². The smallest absolute Gasteiger partial charge is 0.226 e. The molecule has 4 rings (SSSR count). The number of hydrogen-bond donors (Lipinski definition) is 0. The first-order valence-electron chi connectivity index (χ1n) is 10.0. The Morgan fingerprint density at radius 2 is 1.24 bits per heavy atom. The van der Waals surface area contributed by atoms with Crippen molar-refractivity contribution in [1.82, 2.24) is 4.98 Å². The molecule has 0 unspecified atom stereocenters. The number of nitrogens with zero attached hydrogens (tertiary/aromatic N) is 1. The van der Waals surface area contributed by atoms with E-state index >= 15 is 0 Å². The average molecular weight is 399 g/mol. The predicted molar refractivity (Wildman–Crippen MR) is 124 cm³/mol. The van der Waals surface area contributed by atoms with Crippen molar-refractivity contribution in [3.8, 4) is 11.5 Å². The fourth-order valence-corrected chi connectivity index (χ4v) is 6.29. The van der Waals surface area contributed by atoms with Crippen LogP contribution >= 0.6 is 7.92 Å². The van der Waals surface area contributed by atoms with Gasteiger partial charge in [-0.3, -0.25) is 0 Å². The summed E-state index contributed by atoms with van der Waals surface area (Å²) >= 11 is 0. The van der Waals surface area contributed by atoms with Crippen LogP contribution in [-0.4, -0.2) is 4.98 Å². The van der Waals surface area contributed by atoms with Crippen LogP contribution in [0.25, 0.3) is 11.5 Å². The summed E-state index contributed by atoms with van der Waals surface area (Å²) in [5.74, 6) is 1.05. The Morgan fingerprint density at radius 1 is 0.724 bits per heavy atom. The minimum absolute atomic E-state index is 0.342. The maximum absolute atomic E-state index is 5.93. The van der Waals surface area contributed by atoms with E-state index in [0.717, 1.165) is 11.3 Å². The van der Waals surface area contributed by atoms with E-state index in [0.29, 0.717) is 11.8 Å². The molecular weight excluding hydrogens is 373 g/mol. The van der Waals surface area contributed by atoms with Gasteiger partial charge in [0.05, 0.1) is 5.69 Å². The van der Waals surface area contributed by atoms with Crippen molar-refractivity contribution in [2.45, 2.75) is 33.6 Å². The Morgan fingerprint density at radius 3 is 1.76 bits per heavy atom. The predicted octanol–water partition coefficient (Wildman–Crippen LogP) is 5.84. The van der Waals surface area contributed by atoms with Crippen molar-refractivity contribution in [3.05, 3.63) is 95.9 Å². The Bertz CT molecular complexity index is 1080. The zero-order chi connectivity index (χ0) is 20.4. The van der Waals surface area contributed by atoms with Crippen molar-refractivity contribution in [1.29, 1.82) is 0 Å². The number of hydrogen-bond acceptors (Lipinski definition) is 2. The van der Waals surface area contributed by atoms with Gasteiger partial charge in [0.1, 0.15) is 6.26 Å². The van der Waals surface area contributed by atoms with Gasteiger partial charge in [0, 0.05) is 5.56 Å².